The van der Waals surface area contributed by atoms with Crippen LogP contribution in [-0.4, -0.2) is 69.2 Å². The Morgan fingerprint density at radius 2 is 1.94 bits per heavy atom. The molecule has 9 heteroatoms. The van der Waals surface area contributed by atoms with Crippen LogP contribution in [0.1, 0.15) is 55.4 Å². The summed E-state index contributed by atoms with van der Waals surface area (Å²) >= 11 is 3.19. The second kappa shape index (κ2) is 10.1. The Labute approximate surface area is 198 Å². The molecule has 3 amide bonds. The van der Waals surface area contributed by atoms with Crippen molar-refractivity contribution in [1.29, 1.82) is 0 Å². The summed E-state index contributed by atoms with van der Waals surface area (Å²) in [7, 11) is 0. The first kappa shape index (κ1) is 24.9. The minimum absolute atomic E-state index is 0.0625. The van der Waals surface area contributed by atoms with Gasteiger partial charge in [0.15, 0.2) is 0 Å². The fourth-order valence-corrected chi connectivity index (χ4v) is 6.33. The Morgan fingerprint density at radius 3 is 2.56 bits per heavy atom. The molecule has 0 radical (unpaired) electrons. The van der Waals surface area contributed by atoms with Crippen molar-refractivity contribution in [2.75, 3.05) is 18.6 Å². The molecule has 0 aliphatic carbocycles. The molecular formula is C23H33N3O4S2. The molecule has 0 bridgehead atoms. The molecule has 1 fully saturated rings. The SMILES string of the molecule is CSCC[C@H](NC(=O)[C@@H]1N2C(=O)c3ccccc3[C@H]2SC1(C)C)C(=O)N[C@H](CO)C(C)C. The fraction of sp³-hybridized carbons (Fsp3) is 0.609. The smallest absolute Gasteiger partial charge is 0.256 e. The zero-order valence-electron chi connectivity index (χ0n) is 19.3. The molecular weight excluding hydrogens is 446 g/mol. The molecule has 2 aliphatic heterocycles. The summed E-state index contributed by atoms with van der Waals surface area (Å²) in [4.78, 5) is 41.3. The van der Waals surface area contributed by atoms with Gasteiger partial charge in [0, 0.05) is 10.3 Å². The molecule has 32 heavy (non-hydrogen) atoms. The highest BCUT2D eigenvalue weighted by molar-refractivity contribution is 8.01. The summed E-state index contributed by atoms with van der Waals surface area (Å²) in [6, 6.07) is 5.67. The van der Waals surface area contributed by atoms with E-state index < -0.39 is 16.8 Å². The van der Waals surface area contributed by atoms with E-state index >= 15 is 0 Å². The van der Waals surface area contributed by atoms with Crippen LogP contribution in [0.5, 0.6) is 0 Å². The number of rotatable bonds is 9. The van der Waals surface area contributed by atoms with Gasteiger partial charge in [0.05, 0.1) is 12.6 Å². The van der Waals surface area contributed by atoms with Crippen LogP contribution in [0.2, 0.25) is 0 Å². The van der Waals surface area contributed by atoms with Gasteiger partial charge < -0.3 is 20.6 Å². The number of benzene rings is 1. The Hall–Kier alpha value is -1.71. The number of hydrogen-bond acceptors (Lipinski definition) is 6. The number of aliphatic hydroxyl groups is 1. The summed E-state index contributed by atoms with van der Waals surface area (Å²) < 4.78 is -0.510. The largest absolute Gasteiger partial charge is 0.394 e. The summed E-state index contributed by atoms with van der Waals surface area (Å²) in [6.07, 6.45) is 2.41. The molecule has 3 rings (SSSR count). The van der Waals surface area contributed by atoms with Crippen LogP contribution in [-0.2, 0) is 9.59 Å². The van der Waals surface area contributed by atoms with Gasteiger partial charge in [0.25, 0.3) is 5.91 Å². The maximum absolute atomic E-state index is 13.5. The Bertz CT molecular complexity index is 877. The van der Waals surface area contributed by atoms with Crippen LogP contribution < -0.4 is 10.6 Å². The third-order valence-corrected chi connectivity index (χ3v) is 8.30. The molecule has 0 aromatic heterocycles. The predicted octanol–water partition coefficient (Wildman–Crippen LogP) is 2.41. The van der Waals surface area contributed by atoms with Gasteiger partial charge in [-0.1, -0.05) is 32.0 Å². The molecule has 3 N–H and O–H groups in total. The number of carbonyl (C=O) groups excluding carboxylic acids is 3. The Morgan fingerprint density at radius 1 is 1.25 bits per heavy atom. The molecule has 7 nitrogen and oxygen atoms in total. The van der Waals surface area contributed by atoms with E-state index in [9.17, 15) is 19.5 Å². The van der Waals surface area contributed by atoms with E-state index in [4.69, 9.17) is 0 Å². The van der Waals surface area contributed by atoms with Gasteiger partial charge in [-0.05, 0) is 49.8 Å². The van der Waals surface area contributed by atoms with Gasteiger partial charge in [-0.15, -0.1) is 11.8 Å². The van der Waals surface area contributed by atoms with Crippen molar-refractivity contribution in [3.05, 3.63) is 35.4 Å². The maximum atomic E-state index is 13.5. The number of thioether (sulfide) groups is 2. The first-order chi connectivity index (χ1) is 15.1. The molecule has 0 unspecified atom stereocenters. The average molecular weight is 480 g/mol. The second-order valence-corrected chi connectivity index (χ2v) is 11.9. The summed E-state index contributed by atoms with van der Waals surface area (Å²) in [5.41, 5.74) is 1.57. The Balaban J connectivity index is 1.81. The summed E-state index contributed by atoms with van der Waals surface area (Å²) in [5, 5.41) is 15.2. The topological polar surface area (TPSA) is 98.7 Å². The van der Waals surface area contributed by atoms with Gasteiger partial charge in [0.1, 0.15) is 17.5 Å². The van der Waals surface area contributed by atoms with Gasteiger partial charge in [-0.25, -0.2) is 0 Å². The van der Waals surface area contributed by atoms with Gasteiger partial charge >= 0.3 is 0 Å². The number of hydrogen-bond donors (Lipinski definition) is 3. The summed E-state index contributed by atoms with van der Waals surface area (Å²) in [5.74, 6) is -0.0149. The van der Waals surface area contributed by atoms with Crippen molar-refractivity contribution < 1.29 is 19.5 Å². The first-order valence-corrected chi connectivity index (χ1v) is 13.2. The van der Waals surface area contributed by atoms with Crippen LogP contribution in [0, 0.1) is 5.92 Å². The zero-order valence-corrected chi connectivity index (χ0v) is 20.9. The number of carbonyl (C=O) groups is 3. The third-order valence-electron chi connectivity index (χ3n) is 6.12. The van der Waals surface area contributed by atoms with E-state index in [1.54, 1.807) is 34.5 Å². The monoisotopic (exact) mass is 479 g/mol. The number of fused-ring (bicyclic) bond motifs is 3. The number of aliphatic hydroxyl groups excluding tert-OH is 1. The standard InChI is InChI=1S/C23H33N3O4S2/c1-13(2)17(12-27)25-19(28)16(10-11-31-5)24-20(29)18-23(3,4)32-22-15-9-7-6-8-14(15)21(30)26(18)22/h6-9,13,16-18,22,27H,10-12H2,1-5H3,(H,24,29)(H,25,28)/t16-,17+,18-,22+/m0/s1. The van der Waals surface area contributed by atoms with E-state index in [-0.39, 0.29) is 41.7 Å². The van der Waals surface area contributed by atoms with Crippen molar-refractivity contribution >= 4 is 41.2 Å². The quantitative estimate of drug-likeness (QED) is 0.503. The highest BCUT2D eigenvalue weighted by Gasteiger charge is 2.57. The van der Waals surface area contributed by atoms with Crippen molar-refractivity contribution in [2.24, 2.45) is 5.92 Å². The first-order valence-electron chi connectivity index (χ1n) is 10.9. The predicted molar refractivity (Wildman–Crippen MR) is 130 cm³/mol. The van der Waals surface area contributed by atoms with E-state index in [0.29, 0.717) is 17.7 Å². The molecule has 0 saturated carbocycles. The van der Waals surface area contributed by atoms with Crippen molar-refractivity contribution in [2.45, 2.75) is 62.4 Å². The van der Waals surface area contributed by atoms with Gasteiger partial charge in [0.2, 0.25) is 11.8 Å². The van der Waals surface area contributed by atoms with Crippen LogP contribution in [0.25, 0.3) is 0 Å². The highest BCUT2D eigenvalue weighted by atomic mass is 32.2. The molecule has 176 valence electrons. The number of nitrogens with one attached hydrogen (secondary N) is 2. The molecule has 4 atom stereocenters. The van der Waals surface area contributed by atoms with Crippen molar-refractivity contribution in [3.8, 4) is 0 Å². The van der Waals surface area contributed by atoms with Gasteiger partial charge in [-0.2, -0.15) is 11.8 Å². The summed E-state index contributed by atoms with van der Waals surface area (Å²) in [6.45, 7) is 7.61. The van der Waals surface area contributed by atoms with Gasteiger partial charge in [-0.3, -0.25) is 14.4 Å². The molecule has 1 aromatic rings. The normalized spacial score (nSPS) is 23.0. The van der Waals surface area contributed by atoms with E-state index in [1.165, 1.54) is 0 Å². The van der Waals surface area contributed by atoms with E-state index in [1.807, 2.05) is 52.1 Å². The van der Waals surface area contributed by atoms with Crippen LogP contribution in [0.3, 0.4) is 0 Å². The molecule has 2 heterocycles. The van der Waals surface area contributed by atoms with Crippen LogP contribution in [0.4, 0.5) is 0 Å². The molecule has 0 spiro atoms. The van der Waals surface area contributed by atoms with Crippen molar-refractivity contribution in [3.63, 3.8) is 0 Å². The lowest BCUT2D eigenvalue weighted by Gasteiger charge is -2.31. The third kappa shape index (κ3) is 4.79. The number of amides is 3. The van der Waals surface area contributed by atoms with Crippen molar-refractivity contribution in [1.82, 2.24) is 15.5 Å². The minimum atomic E-state index is -0.734. The maximum Gasteiger partial charge on any atom is 0.256 e. The Kier molecular flexibility index (Phi) is 7.83. The van der Waals surface area contributed by atoms with Crippen LogP contribution >= 0.6 is 23.5 Å². The van der Waals surface area contributed by atoms with Crippen LogP contribution in [0.15, 0.2) is 24.3 Å². The van der Waals surface area contributed by atoms with E-state index in [0.717, 1.165) is 5.56 Å². The minimum Gasteiger partial charge on any atom is -0.394 e. The lowest BCUT2D eigenvalue weighted by Crippen LogP contribution is -2.58. The lowest BCUT2D eigenvalue weighted by molar-refractivity contribution is -0.132. The highest BCUT2D eigenvalue weighted by Crippen LogP contribution is 2.56. The molecule has 1 aromatic carbocycles. The number of nitrogens with zero attached hydrogens (tertiary/aromatic N) is 1. The average Bonchev–Trinajstić information content (AvgIpc) is 3.18. The van der Waals surface area contributed by atoms with E-state index in [2.05, 4.69) is 10.6 Å². The fourth-order valence-electron chi connectivity index (χ4n) is 4.27. The zero-order chi connectivity index (χ0) is 23.6. The lowest BCUT2D eigenvalue weighted by atomic mass is 9.99. The molecule has 1 saturated heterocycles. The second-order valence-electron chi connectivity index (χ2n) is 9.16. The molecule has 2 aliphatic rings.